The van der Waals surface area contributed by atoms with E-state index in [0.29, 0.717) is 17.3 Å². The number of amides is 1. The highest BCUT2D eigenvalue weighted by atomic mass is 35.5. The first-order valence-corrected chi connectivity index (χ1v) is 8.64. The van der Waals surface area contributed by atoms with E-state index in [0.717, 1.165) is 16.7 Å². The minimum absolute atomic E-state index is 0.104. The molecule has 0 saturated heterocycles. The van der Waals surface area contributed by atoms with Crippen LogP contribution < -0.4 is 10.9 Å². The quantitative estimate of drug-likeness (QED) is 0.743. The Labute approximate surface area is 157 Å². The van der Waals surface area contributed by atoms with Gasteiger partial charge in [0.15, 0.2) is 0 Å². The molecular formula is C21H19ClN2O2. The number of aryl methyl sites for hydroxylation is 2. The molecule has 4 nitrogen and oxygen atoms in total. The summed E-state index contributed by atoms with van der Waals surface area (Å²) in [5.41, 5.74) is 3.67. The van der Waals surface area contributed by atoms with Crippen molar-refractivity contribution in [2.75, 3.05) is 5.32 Å². The zero-order valence-electron chi connectivity index (χ0n) is 14.6. The standard InChI is InChI=1S/C21H19ClN2O2/c1-14-5-6-15(2)16(12-14)13-24-11-3-4-19(21(24)26)20(25)23-18-9-7-17(22)8-10-18/h3-12H,13H2,1-2H3,(H,23,25). The molecule has 26 heavy (non-hydrogen) atoms. The molecule has 0 fully saturated rings. The van der Waals surface area contributed by atoms with Crippen molar-refractivity contribution in [2.45, 2.75) is 20.4 Å². The molecule has 2 aromatic carbocycles. The van der Waals surface area contributed by atoms with Crippen molar-refractivity contribution in [3.63, 3.8) is 0 Å². The molecule has 1 aromatic heterocycles. The number of halogens is 1. The van der Waals surface area contributed by atoms with E-state index in [2.05, 4.69) is 11.4 Å². The average molecular weight is 367 g/mol. The summed E-state index contributed by atoms with van der Waals surface area (Å²) >= 11 is 5.85. The fraction of sp³-hybridized carbons (Fsp3) is 0.143. The molecule has 1 N–H and O–H groups in total. The zero-order chi connectivity index (χ0) is 18.7. The van der Waals surface area contributed by atoms with Crippen molar-refractivity contribution >= 4 is 23.2 Å². The Bertz CT molecular complexity index is 1010. The number of carbonyl (C=O) groups is 1. The number of benzene rings is 2. The fourth-order valence-electron chi connectivity index (χ4n) is 2.72. The van der Waals surface area contributed by atoms with Crippen molar-refractivity contribution in [2.24, 2.45) is 0 Å². The van der Waals surface area contributed by atoms with Crippen molar-refractivity contribution in [1.82, 2.24) is 4.57 Å². The molecular weight excluding hydrogens is 348 g/mol. The Kier molecular flexibility index (Phi) is 5.24. The monoisotopic (exact) mass is 366 g/mol. The molecule has 132 valence electrons. The predicted octanol–water partition coefficient (Wildman–Crippen LogP) is 4.42. The molecule has 0 saturated carbocycles. The van der Waals surface area contributed by atoms with Gasteiger partial charge in [0.2, 0.25) is 0 Å². The smallest absolute Gasteiger partial charge is 0.263 e. The number of rotatable bonds is 4. The van der Waals surface area contributed by atoms with Crippen LogP contribution in [0.1, 0.15) is 27.0 Å². The Morgan fingerprint density at radius 1 is 1.08 bits per heavy atom. The molecule has 0 aliphatic carbocycles. The van der Waals surface area contributed by atoms with Crippen LogP contribution in [0.15, 0.2) is 65.6 Å². The summed E-state index contributed by atoms with van der Waals surface area (Å²) < 4.78 is 1.55. The lowest BCUT2D eigenvalue weighted by molar-refractivity contribution is 0.102. The highest BCUT2D eigenvalue weighted by Crippen LogP contribution is 2.14. The van der Waals surface area contributed by atoms with Gasteiger partial charge in [-0.15, -0.1) is 0 Å². The van der Waals surface area contributed by atoms with Gasteiger partial charge in [-0.25, -0.2) is 0 Å². The molecule has 3 rings (SSSR count). The van der Waals surface area contributed by atoms with Gasteiger partial charge in [0, 0.05) is 16.9 Å². The number of carbonyl (C=O) groups excluding carboxylic acids is 1. The van der Waals surface area contributed by atoms with Crippen molar-refractivity contribution < 1.29 is 4.79 Å². The topological polar surface area (TPSA) is 51.1 Å². The van der Waals surface area contributed by atoms with Gasteiger partial charge in [-0.3, -0.25) is 9.59 Å². The SMILES string of the molecule is Cc1ccc(C)c(Cn2cccc(C(=O)Nc3ccc(Cl)cc3)c2=O)c1. The molecule has 0 aliphatic heterocycles. The predicted molar refractivity (Wildman–Crippen MR) is 105 cm³/mol. The van der Waals surface area contributed by atoms with Crippen LogP contribution in [-0.2, 0) is 6.54 Å². The summed E-state index contributed by atoms with van der Waals surface area (Å²) in [4.78, 5) is 25.2. The Morgan fingerprint density at radius 2 is 1.81 bits per heavy atom. The third kappa shape index (κ3) is 4.03. The van der Waals surface area contributed by atoms with Crippen molar-refractivity contribution in [3.8, 4) is 0 Å². The van der Waals surface area contributed by atoms with Crippen LogP contribution in [0.2, 0.25) is 5.02 Å². The number of anilines is 1. The van der Waals surface area contributed by atoms with Crippen LogP contribution >= 0.6 is 11.6 Å². The van der Waals surface area contributed by atoms with Crippen LogP contribution in [0.4, 0.5) is 5.69 Å². The molecule has 0 unspecified atom stereocenters. The number of pyridine rings is 1. The number of hydrogen-bond acceptors (Lipinski definition) is 2. The van der Waals surface area contributed by atoms with E-state index in [4.69, 9.17) is 11.6 Å². The lowest BCUT2D eigenvalue weighted by atomic mass is 10.1. The maximum absolute atomic E-state index is 12.7. The minimum Gasteiger partial charge on any atom is -0.322 e. The van der Waals surface area contributed by atoms with E-state index >= 15 is 0 Å². The fourth-order valence-corrected chi connectivity index (χ4v) is 2.85. The second kappa shape index (κ2) is 7.58. The molecule has 0 atom stereocenters. The summed E-state index contributed by atoms with van der Waals surface area (Å²) in [6.07, 6.45) is 1.70. The summed E-state index contributed by atoms with van der Waals surface area (Å²) in [6.45, 7) is 4.45. The third-order valence-electron chi connectivity index (χ3n) is 4.21. The maximum Gasteiger partial charge on any atom is 0.263 e. The first-order chi connectivity index (χ1) is 12.4. The molecule has 5 heteroatoms. The normalized spacial score (nSPS) is 10.6. The number of nitrogens with one attached hydrogen (secondary N) is 1. The highest BCUT2D eigenvalue weighted by Gasteiger charge is 2.13. The molecule has 3 aromatic rings. The van der Waals surface area contributed by atoms with Gasteiger partial charge in [0.1, 0.15) is 5.56 Å². The largest absolute Gasteiger partial charge is 0.322 e. The number of nitrogens with zero attached hydrogens (tertiary/aromatic N) is 1. The Hall–Kier alpha value is -2.85. The lowest BCUT2D eigenvalue weighted by Gasteiger charge is -2.11. The van der Waals surface area contributed by atoms with E-state index in [1.165, 1.54) is 6.07 Å². The van der Waals surface area contributed by atoms with Gasteiger partial charge < -0.3 is 9.88 Å². The molecule has 0 spiro atoms. The lowest BCUT2D eigenvalue weighted by Crippen LogP contribution is -2.29. The van der Waals surface area contributed by atoms with Crippen molar-refractivity contribution in [1.29, 1.82) is 0 Å². The highest BCUT2D eigenvalue weighted by molar-refractivity contribution is 6.30. The maximum atomic E-state index is 12.7. The van der Waals surface area contributed by atoms with Gasteiger partial charge in [-0.1, -0.05) is 35.4 Å². The van der Waals surface area contributed by atoms with Crippen LogP contribution in [0.5, 0.6) is 0 Å². The van der Waals surface area contributed by atoms with E-state index < -0.39 is 5.91 Å². The average Bonchev–Trinajstić information content (AvgIpc) is 2.62. The first-order valence-electron chi connectivity index (χ1n) is 8.26. The molecule has 0 bridgehead atoms. The van der Waals surface area contributed by atoms with Gasteiger partial charge in [0.25, 0.3) is 11.5 Å². The molecule has 0 aliphatic rings. The van der Waals surface area contributed by atoms with Crippen LogP contribution in [-0.4, -0.2) is 10.5 Å². The molecule has 0 radical (unpaired) electrons. The Balaban J connectivity index is 1.87. The van der Waals surface area contributed by atoms with E-state index in [1.54, 1.807) is 41.1 Å². The van der Waals surface area contributed by atoms with E-state index in [-0.39, 0.29) is 11.1 Å². The Morgan fingerprint density at radius 3 is 2.54 bits per heavy atom. The van der Waals surface area contributed by atoms with Crippen molar-refractivity contribution in [3.05, 3.63) is 98.4 Å². The summed E-state index contributed by atoms with van der Waals surface area (Å²) in [6, 6.07) is 16.1. The van der Waals surface area contributed by atoms with Gasteiger partial charge >= 0.3 is 0 Å². The summed E-state index contributed by atoms with van der Waals surface area (Å²) in [5.74, 6) is -0.437. The second-order valence-electron chi connectivity index (χ2n) is 6.25. The first kappa shape index (κ1) is 18.0. The van der Waals surface area contributed by atoms with E-state index in [9.17, 15) is 9.59 Å². The number of hydrogen-bond donors (Lipinski definition) is 1. The second-order valence-corrected chi connectivity index (χ2v) is 6.68. The minimum atomic E-state index is -0.437. The molecule has 1 amide bonds. The summed E-state index contributed by atoms with van der Waals surface area (Å²) in [7, 11) is 0. The van der Waals surface area contributed by atoms with Gasteiger partial charge in [-0.05, 0) is 61.4 Å². The molecule has 1 heterocycles. The zero-order valence-corrected chi connectivity index (χ0v) is 15.4. The van der Waals surface area contributed by atoms with Crippen LogP contribution in [0.25, 0.3) is 0 Å². The van der Waals surface area contributed by atoms with Gasteiger partial charge in [-0.2, -0.15) is 0 Å². The van der Waals surface area contributed by atoms with Crippen LogP contribution in [0.3, 0.4) is 0 Å². The van der Waals surface area contributed by atoms with Crippen LogP contribution in [0, 0.1) is 13.8 Å². The van der Waals surface area contributed by atoms with E-state index in [1.807, 2.05) is 26.0 Å². The third-order valence-corrected chi connectivity index (χ3v) is 4.46. The number of aromatic nitrogens is 1. The van der Waals surface area contributed by atoms with Gasteiger partial charge in [0.05, 0.1) is 6.54 Å². The summed E-state index contributed by atoms with van der Waals surface area (Å²) in [5, 5.41) is 3.31.